The minimum atomic E-state index is -0.672. The van der Waals surface area contributed by atoms with E-state index in [0.717, 1.165) is 24.0 Å². The van der Waals surface area contributed by atoms with E-state index in [1.807, 2.05) is 25.1 Å². The summed E-state index contributed by atoms with van der Waals surface area (Å²) in [4.78, 5) is 13.3. The van der Waals surface area contributed by atoms with Gasteiger partial charge in [0.05, 0.1) is 0 Å². The maximum absolute atomic E-state index is 11.8. The molecular weight excluding hydrogens is 252 g/mol. The van der Waals surface area contributed by atoms with Crippen molar-refractivity contribution < 1.29 is 9.53 Å². The van der Waals surface area contributed by atoms with Gasteiger partial charge in [-0.1, -0.05) is 18.1 Å². The first-order chi connectivity index (χ1) is 9.56. The van der Waals surface area contributed by atoms with Crippen LogP contribution >= 0.6 is 0 Å². The van der Waals surface area contributed by atoms with Crippen LogP contribution in [-0.4, -0.2) is 24.6 Å². The highest BCUT2D eigenvalue weighted by Crippen LogP contribution is 2.32. The van der Waals surface area contributed by atoms with Gasteiger partial charge in [0.1, 0.15) is 0 Å². The summed E-state index contributed by atoms with van der Waals surface area (Å²) in [6, 6.07) is 5.97. The van der Waals surface area contributed by atoms with Crippen LogP contribution < -0.4 is 5.73 Å². The smallest absolute Gasteiger partial charge is 0.411 e. The fourth-order valence-corrected chi connectivity index (χ4v) is 2.33. The maximum atomic E-state index is 11.8. The van der Waals surface area contributed by atoms with Gasteiger partial charge >= 0.3 is 6.09 Å². The summed E-state index contributed by atoms with van der Waals surface area (Å²) in [6.45, 7) is 2.45. The van der Waals surface area contributed by atoms with Crippen molar-refractivity contribution in [3.8, 4) is 12.3 Å². The first-order valence-electron chi connectivity index (χ1n) is 6.83. The minimum absolute atomic E-state index is 0.0531. The number of rotatable bonds is 3. The molecule has 0 aromatic heterocycles. The van der Waals surface area contributed by atoms with Gasteiger partial charge in [0.15, 0.2) is 6.10 Å². The Bertz CT molecular complexity index is 548. The Morgan fingerprint density at radius 3 is 3.05 bits per heavy atom. The van der Waals surface area contributed by atoms with Gasteiger partial charge in [0.2, 0.25) is 0 Å². The molecule has 20 heavy (non-hydrogen) atoms. The molecule has 0 bridgehead atoms. The number of amides is 1. The number of carbonyl (C=O) groups excluding carboxylic acids is 1. The lowest BCUT2D eigenvalue weighted by Crippen LogP contribution is -2.28. The predicted octanol–water partition coefficient (Wildman–Crippen LogP) is 2.40. The van der Waals surface area contributed by atoms with E-state index in [9.17, 15) is 4.79 Å². The summed E-state index contributed by atoms with van der Waals surface area (Å²) in [5.74, 6) is 2.52. The van der Waals surface area contributed by atoms with Gasteiger partial charge in [0.25, 0.3) is 0 Å². The average molecular weight is 272 g/mol. The van der Waals surface area contributed by atoms with Crippen LogP contribution in [0, 0.1) is 12.3 Å². The normalized spacial score (nSPS) is 18.0. The zero-order chi connectivity index (χ0) is 14.7. The van der Waals surface area contributed by atoms with Gasteiger partial charge in [-0.15, -0.1) is 6.42 Å². The SMILES string of the molecule is C#CC(OC(=O)N(C)CC)c1ccc2c(c1)[C@H](N)CC2. The number of ether oxygens (including phenoxy) is 1. The zero-order valence-corrected chi connectivity index (χ0v) is 11.9. The molecule has 0 heterocycles. The van der Waals surface area contributed by atoms with Crippen LogP contribution in [0.15, 0.2) is 18.2 Å². The maximum Gasteiger partial charge on any atom is 0.411 e. The van der Waals surface area contributed by atoms with Crippen molar-refractivity contribution in [3.63, 3.8) is 0 Å². The summed E-state index contributed by atoms with van der Waals surface area (Å²) < 4.78 is 5.34. The van der Waals surface area contributed by atoms with E-state index >= 15 is 0 Å². The molecule has 0 saturated carbocycles. The van der Waals surface area contributed by atoms with Crippen molar-refractivity contribution in [2.45, 2.75) is 31.9 Å². The van der Waals surface area contributed by atoms with Crippen LogP contribution in [0.25, 0.3) is 0 Å². The Kier molecular flexibility index (Phi) is 4.31. The summed E-state index contributed by atoms with van der Waals surface area (Å²) in [5.41, 5.74) is 9.24. The monoisotopic (exact) mass is 272 g/mol. The molecule has 2 N–H and O–H groups in total. The molecule has 2 atom stereocenters. The van der Waals surface area contributed by atoms with Crippen molar-refractivity contribution in [1.82, 2.24) is 4.90 Å². The molecule has 2 rings (SSSR count). The highest BCUT2D eigenvalue weighted by atomic mass is 16.6. The van der Waals surface area contributed by atoms with Crippen LogP contribution in [0.3, 0.4) is 0 Å². The van der Waals surface area contributed by atoms with Crippen molar-refractivity contribution in [3.05, 3.63) is 34.9 Å². The van der Waals surface area contributed by atoms with Gasteiger partial charge in [-0.25, -0.2) is 4.79 Å². The van der Waals surface area contributed by atoms with Crippen molar-refractivity contribution >= 4 is 6.09 Å². The predicted molar refractivity (Wildman–Crippen MR) is 78.1 cm³/mol. The lowest BCUT2D eigenvalue weighted by molar-refractivity contribution is 0.0923. The quantitative estimate of drug-likeness (QED) is 0.860. The second kappa shape index (κ2) is 5.98. The summed E-state index contributed by atoms with van der Waals surface area (Å²) >= 11 is 0. The molecule has 4 nitrogen and oxygen atoms in total. The first kappa shape index (κ1) is 14.4. The molecule has 0 fully saturated rings. The van der Waals surface area contributed by atoms with Crippen molar-refractivity contribution in [2.24, 2.45) is 5.73 Å². The third-order valence-electron chi connectivity index (χ3n) is 3.75. The van der Waals surface area contributed by atoms with Crippen LogP contribution in [-0.2, 0) is 11.2 Å². The molecule has 4 heteroatoms. The number of nitrogens with zero attached hydrogens (tertiary/aromatic N) is 1. The third-order valence-corrected chi connectivity index (χ3v) is 3.75. The molecular formula is C16H20N2O2. The van der Waals surface area contributed by atoms with E-state index in [4.69, 9.17) is 16.9 Å². The average Bonchev–Trinajstić information content (AvgIpc) is 2.84. The Morgan fingerprint density at radius 2 is 2.40 bits per heavy atom. The van der Waals surface area contributed by atoms with Gasteiger partial charge in [-0.3, -0.25) is 0 Å². The minimum Gasteiger partial charge on any atom is -0.428 e. The molecule has 106 valence electrons. The number of hydrogen-bond acceptors (Lipinski definition) is 3. The molecule has 1 aromatic rings. The number of terminal acetylenes is 1. The fraction of sp³-hybridized carbons (Fsp3) is 0.438. The lowest BCUT2D eigenvalue weighted by atomic mass is 10.0. The van der Waals surface area contributed by atoms with E-state index in [2.05, 4.69) is 5.92 Å². The highest BCUT2D eigenvalue weighted by Gasteiger charge is 2.22. The molecule has 1 unspecified atom stereocenters. The molecule has 0 aliphatic heterocycles. The summed E-state index contributed by atoms with van der Waals surface area (Å²) in [7, 11) is 1.68. The number of benzene rings is 1. The molecule has 1 aliphatic carbocycles. The Hall–Kier alpha value is -1.99. The van der Waals surface area contributed by atoms with E-state index < -0.39 is 12.2 Å². The number of aryl methyl sites for hydroxylation is 1. The van der Waals surface area contributed by atoms with Crippen LogP contribution in [0.4, 0.5) is 4.79 Å². The van der Waals surface area contributed by atoms with Crippen LogP contribution in [0.2, 0.25) is 0 Å². The van der Waals surface area contributed by atoms with Gasteiger partial charge in [-0.05, 0) is 37.0 Å². The Balaban J connectivity index is 2.19. The Labute approximate surface area is 119 Å². The fourth-order valence-electron chi connectivity index (χ4n) is 2.33. The topological polar surface area (TPSA) is 55.6 Å². The standard InChI is InChI=1S/C16H20N2O2/c1-4-15(20-16(19)18(3)5-2)12-7-6-11-8-9-14(17)13(11)10-12/h1,6-7,10,14-15H,5,8-9,17H2,2-3H3/t14-,15?/m1/s1. The molecule has 1 aliphatic rings. The van der Waals surface area contributed by atoms with E-state index in [0.29, 0.717) is 6.54 Å². The van der Waals surface area contributed by atoms with Gasteiger partial charge in [-0.2, -0.15) is 0 Å². The molecule has 0 spiro atoms. The van der Waals surface area contributed by atoms with E-state index in [1.165, 1.54) is 10.5 Å². The molecule has 0 radical (unpaired) electrons. The Morgan fingerprint density at radius 1 is 1.65 bits per heavy atom. The van der Waals surface area contributed by atoms with Gasteiger partial charge in [0, 0.05) is 25.2 Å². The number of fused-ring (bicyclic) bond motifs is 1. The van der Waals surface area contributed by atoms with Crippen LogP contribution in [0.5, 0.6) is 0 Å². The lowest BCUT2D eigenvalue weighted by Gasteiger charge is -2.19. The van der Waals surface area contributed by atoms with E-state index in [1.54, 1.807) is 7.05 Å². The molecule has 0 saturated heterocycles. The molecule has 1 aromatic carbocycles. The number of hydrogen-bond donors (Lipinski definition) is 1. The van der Waals surface area contributed by atoms with Crippen molar-refractivity contribution in [2.75, 3.05) is 13.6 Å². The number of nitrogens with two attached hydrogens (primary N) is 1. The molecule has 1 amide bonds. The summed E-state index contributed by atoms with van der Waals surface area (Å²) in [6.07, 6.45) is 6.36. The highest BCUT2D eigenvalue weighted by molar-refractivity contribution is 5.68. The second-order valence-electron chi connectivity index (χ2n) is 5.05. The third kappa shape index (κ3) is 2.78. The van der Waals surface area contributed by atoms with E-state index in [-0.39, 0.29) is 6.04 Å². The zero-order valence-electron chi connectivity index (χ0n) is 11.9. The van der Waals surface area contributed by atoms with Crippen molar-refractivity contribution in [1.29, 1.82) is 0 Å². The summed E-state index contributed by atoms with van der Waals surface area (Å²) in [5, 5.41) is 0. The second-order valence-corrected chi connectivity index (χ2v) is 5.05. The first-order valence-corrected chi connectivity index (χ1v) is 6.83. The number of carbonyl (C=O) groups is 1. The largest absolute Gasteiger partial charge is 0.428 e. The van der Waals surface area contributed by atoms with Crippen LogP contribution in [0.1, 0.15) is 42.2 Å². The van der Waals surface area contributed by atoms with Gasteiger partial charge < -0.3 is 15.4 Å².